The number of aliphatic hydroxyl groups excluding tert-OH is 1. The minimum Gasteiger partial charge on any atom is -0.507 e. The van der Waals surface area contributed by atoms with Crippen LogP contribution >= 0.6 is 34.8 Å². The fourth-order valence-electron chi connectivity index (χ4n) is 3.62. The van der Waals surface area contributed by atoms with Gasteiger partial charge in [0.25, 0.3) is 11.7 Å². The van der Waals surface area contributed by atoms with Gasteiger partial charge in [-0.15, -0.1) is 0 Å². The molecule has 0 saturated carbocycles. The Labute approximate surface area is 194 Å². The minimum atomic E-state index is -0.828. The van der Waals surface area contributed by atoms with E-state index in [1.165, 1.54) is 4.90 Å². The second-order valence-corrected chi connectivity index (χ2v) is 8.34. The van der Waals surface area contributed by atoms with E-state index in [0.29, 0.717) is 21.2 Å². The fourth-order valence-corrected chi connectivity index (χ4v) is 4.05. The van der Waals surface area contributed by atoms with Crippen LogP contribution in [0, 0.1) is 0 Å². The molecule has 4 rings (SSSR count). The molecule has 1 fully saturated rings. The lowest BCUT2D eigenvalue weighted by molar-refractivity contribution is -0.140. The molecule has 1 aliphatic rings. The quantitative estimate of drug-likeness (QED) is 0.277. The molecule has 0 spiro atoms. The van der Waals surface area contributed by atoms with Crippen molar-refractivity contribution in [2.45, 2.75) is 12.6 Å². The lowest BCUT2D eigenvalue weighted by Gasteiger charge is -2.25. The highest BCUT2D eigenvalue weighted by atomic mass is 35.5. The molecular weight excluding hydrogens is 457 g/mol. The molecule has 1 aliphatic heterocycles. The number of Topliss-reactive ketones (excluding diaryl/α,β-unsaturated/α-hetero) is 1. The zero-order valence-electron chi connectivity index (χ0n) is 16.1. The maximum Gasteiger partial charge on any atom is 0.295 e. The molecule has 1 atom stereocenters. The monoisotopic (exact) mass is 471 g/mol. The molecule has 3 aromatic rings. The fraction of sp³-hybridized carbons (Fsp3) is 0.0833. The predicted octanol–water partition coefficient (Wildman–Crippen LogP) is 6.27. The van der Waals surface area contributed by atoms with Crippen molar-refractivity contribution in [2.24, 2.45) is 0 Å². The topological polar surface area (TPSA) is 57.6 Å². The second-order valence-electron chi connectivity index (χ2n) is 7.09. The molecule has 1 unspecified atom stereocenters. The van der Waals surface area contributed by atoms with E-state index in [9.17, 15) is 14.7 Å². The number of nitrogens with zero attached hydrogens (tertiary/aromatic N) is 1. The summed E-state index contributed by atoms with van der Waals surface area (Å²) in [6.45, 7) is 0.188. The third-order valence-electron chi connectivity index (χ3n) is 5.11. The summed E-state index contributed by atoms with van der Waals surface area (Å²) in [5, 5.41) is 12.1. The van der Waals surface area contributed by atoms with E-state index in [2.05, 4.69) is 0 Å². The summed E-state index contributed by atoms with van der Waals surface area (Å²) in [7, 11) is 0. The first kappa shape index (κ1) is 21.4. The van der Waals surface area contributed by atoms with Gasteiger partial charge in [-0.2, -0.15) is 0 Å². The van der Waals surface area contributed by atoms with Crippen LogP contribution in [-0.4, -0.2) is 21.7 Å². The lowest BCUT2D eigenvalue weighted by Crippen LogP contribution is -2.29. The number of carbonyl (C=O) groups is 2. The standard InChI is InChI=1S/C24H16Cl3NO3/c25-17-9-6-15(7-10-17)22(29)20-21(16-8-11-18(26)19(27)12-16)28(24(31)23(20)30)13-14-4-2-1-3-5-14/h1-12,21,29H,13H2/b22-20+. The Hall–Kier alpha value is -2.79. The van der Waals surface area contributed by atoms with E-state index in [0.717, 1.165) is 5.56 Å². The number of ketones is 1. The number of amides is 1. The SMILES string of the molecule is O=C1C(=O)N(Cc2ccccc2)C(c2ccc(Cl)c(Cl)c2)/C1=C(\O)c1ccc(Cl)cc1. The number of hydrogen-bond donors (Lipinski definition) is 1. The van der Waals surface area contributed by atoms with E-state index in [4.69, 9.17) is 34.8 Å². The van der Waals surface area contributed by atoms with Crippen LogP contribution in [0.3, 0.4) is 0 Å². The van der Waals surface area contributed by atoms with Gasteiger partial charge in [0.15, 0.2) is 0 Å². The average Bonchev–Trinajstić information content (AvgIpc) is 3.01. The number of carbonyl (C=O) groups excluding carboxylic acids is 2. The molecule has 31 heavy (non-hydrogen) atoms. The Morgan fingerprint density at radius 2 is 1.55 bits per heavy atom. The first-order chi connectivity index (χ1) is 14.9. The largest absolute Gasteiger partial charge is 0.507 e. The number of rotatable bonds is 4. The van der Waals surface area contributed by atoms with Crippen molar-refractivity contribution in [3.8, 4) is 0 Å². The summed E-state index contributed by atoms with van der Waals surface area (Å²) < 4.78 is 0. The van der Waals surface area contributed by atoms with Crippen LogP contribution in [0.4, 0.5) is 0 Å². The van der Waals surface area contributed by atoms with Gasteiger partial charge in [-0.3, -0.25) is 9.59 Å². The number of hydrogen-bond acceptors (Lipinski definition) is 3. The van der Waals surface area contributed by atoms with Gasteiger partial charge in [0, 0.05) is 17.1 Å². The zero-order valence-corrected chi connectivity index (χ0v) is 18.3. The van der Waals surface area contributed by atoms with Crippen LogP contribution < -0.4 is 0 Å². The molecule has 0 bridgehead atoms. The number of halogens is 3. The molecule has 1 N–H and O–H groups in total. The Kier molecular flexibility index (Phi) is 6.05. The maximum atomic E-state index is 13.0. The van der Waals surface area contributed by atoms with Crippen molar-refractivity contribution in [1.82, 2.24) is 4.90 Å². The summed E-state index contributed by atoms with van der Waals surface area (Å²) >= 11 is 18.2. The smallest absolute Gasteiger partial charge is 0.295 e. The Bertz CT molecular complexity index is 1190. The molecule has 0 radical (unpaired) electrons. The first-order valence-electron chi connectivity index (χ1n) is 9.40. The average molecular weight is 473 g/mol. The van der Waals surface area contributed by atoms with E-state index >= 15 is 0 Å². The minimum absolute atomic E-state index is 0.0124. The molecule has 1 heterocycles. The van der Waals surface area contributed by atoms with Crippen LogP contribution in [0.15, 0.2) is 78.4 Å². The van der Waals surface area contributed by atoms with E-state index < -0.39 is 17.7 Å². The van der Waals surface area contributed by atoms with Gasteiger partial charge >= 0.3 is 0 Å². The Balaban J connectivity index is 1.88. The molecule has 0 aromatic heterocycles. The van der Waals surface area contributed by atoms with Crippen molar-refractivity contribution < 1.29 is 14.7 Å². The molecule has 4 nitrogen and oxygen atoms in total. The predicted molar refractivity (Wildman–Crippen MR) is 122 cm³/mol. The van der Waals surface area contributed by atoms with E-state index in [1.807, 2.05) is 30.3 Å². The van der Waals surface area contributed by atoms with Gasteiger partial charge in [-0.1, -0.05) is 71.2 Å². The van der Waals surface area contributed by atoms with Crippen molar-refractivity contribution >= 4 is 52.3 Å². The van der Waals surface area contributed by atoms with Crippen molar-refractivity contribution in [1.29, 1.82) is 0 Å². The van der Waals surface area contributed by atoms with Crippen LogP contribution in [0.1, 0.15) is 22.7 Å². The van der Waals surface area contributed by atoms with E-state index in [1.54, 1.807) is 42.5 Å². The van der Waals surface area contributed by atoms with Gasteiger partial charge in [0.2, 0.25) is 0 Å². The zero-order chi connectivity index (χ0) is 22.1. The molecule has 1 saturated heterocycles. The second kappa shape index (κ2) is 8.75. The number of likely N-dealkylation sites (tertiary alicyclic amines) is 1. The Morgan fingerprint density at radius 1 is 0.871 bits per heavy atom. The normalized spacial score (nSPS) is 17.9. The molecule has 1 amide bonds. The van der Waals surface area contributed by atoms with E-state index in [-0.39, 0.29) is 22.9 Å². The molecule has 3 aromatic carbocycles. The molecule has 0 aliphatic carbocycles. The van der Waals surface area contributed by atoms with Gasteiger partial charge in [0.1, 0.15) is 5.76 Å². The van der Waals surface area contributed by atoms with Gasteiger partial charge in [-0.05, 0) is 47.5 Å². The third-order valence-corrected chi connectivity index (χ3v) is 6.10. The highest BCUT2D eigenvalue weighted by molar-refractivity contribution is 6.46. The maximum absolute atomic E-state index is 13.0. The van der Waals surface area contributed by atoms with Gasteiger partial charge in [0.05, 0.1) is 21.7 Å². The Morgan fingerprint density at radius 3 is 2.19 bits per heavy atom. The highest BCUT2D eigenvalue weighted by Gasteiger charge is 2.46. The van der Waals surface area contributed by atoms with Crippen LogP contribution in [0.5, 0.6) is 0 Å². The number of benzene rings is 3. The first-order valence-corrected chi connectivity index (χ1v) is 10.5. The summed E-state index contributed by atoms with van der Waals surface area (Å²) in [5.41, 5.74) is 1.79. The summed E-state index contributed by atoms with van der Waals surface area (Å²) in [4.78, 5) is 27.5. The van der Waals surface area contributed by atoms with Crippen LogP contribution in [-0.2, 0) is 16.1 Å². The number of aliphatic hydroxyl groups is 1. The summed E-state index contributed by atoms with van der Waals surface area (Å²) in [6.07, 6.45) is 0. The summed E-state index contributed by atoms with van der Waals surface area (Å²) in [5.74, 6) is -1.74. The van der Waals surface area contributed by atoms with Crippen molar-refractivity contribution in [3.05, 3.63) is 110 Å². The van der Waals surface area contributed by atoms with Crippen molar-refractivity contribution in [2.75, 3.05) is 0 Å². The lowest BCUT2D eigenvalue weighted by atomic mass is 9.95. The summed E-state index contributed by atoms with van der Waals surface area (Å²) in [6, 6.07) is 19.8. The highest BCUT2D eigenvalue weighted by Crippen LogP contribution is 2.41. The van der Waals surface area contributed by atoms with Crippen LogP contribution in [0.2, 0.25) is 15.1 Å². The van der Waals surface area contributed by atoms with Crippen molar-refractivity contribution in [3.63, 3.8) is 0 Å². The van der Waals surface area contributed by atoms with Gasteiger partial charge < -0.3 is 10.0 Å². The van der Waals surface area contributed by atoms with Gasteiger partial charge in [-0.25, -0.2) is 0 Å². The third kappa shape index (κ3) is 4.19. The molecule has 7 heteroatoms. The van der Waals surface area contributed by atoms with Crippen LogP contribution in [0.25, 0.3) is 5.76 Å². The molecular formula is C24H16Cl3NO3. The molecule has 156 valence electrons.